The van der Waals surface area contributed by atoms with Gasteiger partial charge in [0, 0.05) is 16.6 Å². The molecule has 5 heteroatoms. The van der Waals surface area contributed by atoms with Crippen molar-refractivity contribution >= 4 is 11.3 Å². The zero-order chi connectivity index (χ0) is 13.0. The van der Waals surface area contributed by atoms with Crippen molar-refractivity contribution in [3.63, 3.8) is 0 Å². The third-order valence-electron chi connectivity index (χ3n) is 2.76. The molecule has 0 aromatic carbocycles. The number of hydrogen-bond acceptors (Lipinski definition) is 4. The van der Waals surface area contributed by atoms with Crippen LogP contribution in [-0.2, 0) is 0 Å². The van der Waals surface area contributed by atoms with Gasteiger partial charge in [0.2, 0.25) is 0 Å². The fourth-order valence-corrected chi connectivity index (χ4v) is 2.73. The highest BCUT2D eigenvalue weighted by atomic mass is 32.1. The van der Waals surface area contributed by atoms with Gasteiger partial charge in [-0.05, 0) is 26.0 Å². The van der Waals surface area contributed by atoms with E-state index in [1.165, 1.54) is 6.20 Å². The summed E-state index contributed by atoms with van der Waals surface area (Å²) in [6.45, 7) is 4.88. The lowest BCUT2D eigenvalue weighted by atomic mass is 10.1. The van der Waals surface area contributed by atoms with Crippen molar-refractivity contribution < 1.29 is 4.39 Å². The van der Waals surface area contributed by atoms with Crippen molar-refractivity contribution in [1.82, 2.24) is 15.3 Å². The molecule has 2 aromatic heterocycles. The van der Waals surface area contributed by atoms with Crippen LogP contribution in [-0.4, -0.2) is 16.5 Å². The molecule has 0 aliphatic rings. The van der Waals surface area contributed by atoms with E-state index in [4.69, 9.17) is 0 Å². The van der Waals surface area contributed by atoms with Gasteiger partial charge < -0.3 is 5.32 Å². The molecule has 2 heterocycles. The van der Waals surface area contributed by atoms with E-state index in [1.54, 1.807) is 29.1 Å². The van der Waals surface area contributed by atoms with Crippen molar-refractivity contribution in [2.24, 2.45) is 0 Å². The number of aromatic nitrogens is 2. The van der Waals surface area contributed by atoms with Crippen LogP contribution in [0.15, 0.2) is 24.0 Å². The number of nitrogens with one attached hydrogen (secondary N) is 1. The summed E-state index contributed by atoms with van der Waals surface area (Å²) in [7, 11) is 0. The zero-order valence-electron chi connectivity index (χ0n) is 10.5. The maximum atomic E-state index is 13.9. The molecular formula is C13H16FN3S. The maximum absolute atomic E-state index is 13.9. The zero-order valence-corrected chi connectivity index (χ0v) is 11.3. The Labute approximate surface area is 110 Å². The Morgan fingerprint density at radius 3 is 2.94 bits per heavy atom. The first-order valence-corrected chi connectivity index (χ1v) is 6.84. The van der Waals surface area contributed by atoms with E-state index in [-0.39, 0.29) is 11.9 Å². The van der Waals surface area contributed by atoms with Crippen LogP contribution in [0.1, 0.15) is 35.5 Å². The van der Waals surface area contributed by atoms with Crippen molar-refractivity contribution in [3.8, 4) is 0 Å². The van der Waals surface area contributed by atoms with Gasteiger partial charge in [0.25, 0.3) is 0 Å². The highest BCUT2D eigenvalue weighted by Gasteiger charge is 2.20. The average Bonchev–Trinajstić information content (AvgIpc) is 2.78. The Morgan fingerprint density at radius 1 is 1.50 bits per heavy atom. The molecule has 0 aliphatic carbocycles. The van der Waals surface area contributed by atoms with Crippen molar-refractivity contribution in [2.45, 2.75) is 26.3 Å². The van der Waals surface area contributed by atoms with Gasteiger partial charge in [0.05, 0.1) is 23.4 Å². The van der Waals surface area contributed by atoms with E-state index < -0.39 is 0 Å². The summed E-state index contributed by atoms with van der Waals surface area (Å²) in [5, 5.41) is 3.37. The minimum absolute atomic E-state index is 0.138. The predicted octanol–water partition coefficient (Wildman–Crippen LogP) is 3.07. The van der Waals surface area contributed by atoms with Gasteiger partial charge in [-0.1, -0.05) is 6.92 Å². The molecule has 18 heavy (non-hydrogen) atoms. The second-order valence-corrected chi connectivity index (χ2v) is 4.97. The monoisotopic (exact) mass is 265 g/mol. The van der Waals surface area contributed by atoms with Crippen LogP contribution in [0, 0.1) is 12.7 Å². The normalized spacial score (nSPS) is 12.6. The summed E-state index contributed by atoms with van der Waals surface area (Å²) >= 11 is 1.55. The minimum atomic E-state index is -0.279. The van der Waals surface area contributed by atoms with Crippen LogP contribution >= 0.6 is 11.3 Å². The van der Waals surface area contributed by atoms with Crippen LogP contribution < -0.4 is 5.32 Å². The number of pyridine rings is 1. The number of aryl methyl sites for hydroxylation is 1. The summed E-state index contributed by atoms with van der Waals surface area (Å²) in [6, 6.07) is 1.59. The topological polar surface area (TPSA) is 37.8 Å². The largest absolute Gasteiger partial charge is 0.305 e. The first-order valence-electron chi connectivity index (χ1n) is 5.96. The Hall–Kier alpha value is -1.33. The Kier molecular flexibility index (Phi) is 4.38. The quantitative estimate of drug-likeness (QED) is 0.902. The fourth-order valence-electron chi connectivity index (χ4n) is 1.84. The first-order chi connectivity index (χ1) is 8.74. The van der Waals surface area contributed by atoms with Gasteiger partial charge in [0.1, 0.15) is 5.82 Å². The molecule has 0 radical (unpaired) electrons. The SMILES string of the molecule is CCCNC(c1ccncc1F)c1scnc1C. The number of hydrogen-bond donors (Lipinski definition) is 1. The van der Waals surface area contributed by atoms with Gasteiger partial charge in [-0.2, -0.15) is 0 Å². The van der Waals surface area contributed by atoms with Gasteiger partial charge in [-0.15, -0.1) is 11.3 Å². The molecule has 3 nitrogen and oxygen atoms in total. The standard InChI is InChI=1S/C13H16FN3S/c1-3-5-16-12(13-9(2)17-8-18-13)10-4-6-15-7-11(10)14/h4,6-8,12,16H,3,5H2,1-2H3. The van der Waals surface area contributed by atoms with E-state index >= 15 is 0 Å². The summed E-state index contributed by atoms with van der Waals surface area (Å²) < 4.78 is 13.9. The van der Waals surface area contributed by atoms with E-state index in [0.29, 0.717) is 5.56 Å². The van der Waals surface area contributed by atoms with Gasteiger partial charge >= 0.3 is 0 Å². The lowest BCUT2D eigenvalue weighted by molar-refractivity contribution is 0.545. The predicted molar refractivity (Wildman–Crippen MR) is 71.2 cm³/mol. The molecular weight excluding hydrogens is 249 g/mol. The molecule has 0 saturated carbocycles. The van der Waals surface area contributed by atoms with Gasteiger partial charge in [-0.3, -0.25) is 4.98 Å². The lowest BCUT2D eigenvalue weighted by Crippen LogP contribution is -2.24. The Balaban J connectivity index is 2.37. The van der Waals surface area contributed by atoms with Crippen molar-refractivity contribution in [3.05, 3.63) is 45.9 Å². The average molecular weight is 265 g/mol. The molecule has 2 aromatic rings. The Bertz CT molecular complexity index is 512. The summed E-state index contributed by atoms with van der Waals surface area (Å²) in [5.41, 5.74) is 3.38. The summed E-state index contributed by atoms with van der Waals surface area (Å²) in [4.78, 5) is 9.10. The third-order valence-corrected chi connectivity index (χ3v) is 3.75. The van der Waals surface area contributed by atoms with Crippen LogP contribution in [0.3, 0.4) is 0 Å². The molecule has 96 valence electrons. The van der Waals surface area contributed by atoms with Crippen molar-refractivity contribution in [2.75, 3.05) is 6.54 Å². The summed E-state index contributed by atoms with van der Waals surface area (Å²) in [5.74, 6) is -0.279. The first kappa shape index (κ1) is 13.1. The minimum Gasteiger partial charge on any atom is -0.305 e. The second-order valence-electron chi connectivity index (χ2n) is 4.09. The smallest absolute Gasteiger partial charge is 0.146 e. The van der Waals surface area contributed by atoms with Crippen LogP contribution in [0.4, 0.5) is 4.39 Å². The van der Waals surface area contributed by atoms with Crippen LogP contribution in [0.25, 0.3) is 0 Å². The number of nitrogens with zero attached hydrogens (tertiary/aromatic N) is 2. The molecule has 0 amide bonds. The molecule has 0 fully saturated rings. The number of thiazole rings is 1. The fraction of sp³-hybridized carbons (Fsp3) is 0.385. The molecule has 0 bridgehead atoms. The molecule has 1 unspecified atom stereocenters. The summed E-state index contributed by atoms with van der Waals surface area (Å²) in [6.07, 6.45) is 3.88. The van der Waals surface area contributed by atoms with Gasteiger partial charge in [0.15, 0.2) is 0 Å². The highest BCUT2D eigenvalue weighted by Crippen LogP contribution is 2.29. The second kappa shape index (κ2) is 6.02. The third kappa shape index (κ3) is 2.73. The molecule has 0 spiro atoms. The maximum Gasteiger partial charge on any atom is 0.146 e. The van der Waals surface area contributed by atoms with E-state index in [2.05, 4.69) is 22.2 Å². The lowest BCUT2D eigenvalue weighted by Gasteiger charge is -2.18. The van der Waals surface area contributed by atoms with E-state index in [9.17, 15) is 4.39 Å². The number of halogens is 1. The molecule has 2 rings (SSSR count). The van der Waals surface area contributed by atoms with Gasteiger partial charge in [-0.25, -0.2) is 9.37 Å². The van der Waals surface area contributed by atoms with Crippen LogP contribution in [0.2, 0.25) is 0 Å². The molecule has 1 atom stereocenters. The molecule has 1 N–H and O–H groups in total. The Morgan fingerprint density at radius 2 is 2.33 bits per heavy atom. The molecule has 0 aliphatic heterocycles. The number of rotatable bonds is 5. The van der Waals surface area contributed by atoms with Crippen molar-refractivity contribution in [1.29, 1.82) is 0 Å². The van der Waals surface area contributed by atoms with E-state index in [0.717, 1.165) is 23.5 Å². The molecule has 0 saturated heterocycles. The highest BCUT2D eigenvalue weighted by molar-refractivity contribution is 7.09. The van der Waals surface area contributed by atoms with Crippen LogP contribution in [0.5, 0.6) is 0 Å². The van der Waals surface area contributed by atoms with E-state index in [1.807, 2.05) is 6.92 Å².